The Kier molecular flexibility index (Phi) is 8.51. The Morgan fingerprint density at radius 2 is 0.892 bits per heavy atom. The highest BCUT2D eigenvalue weighted by Gasteiger charge is 2.41. The summed E-state index contributed by atoms with van der Waals surface area (Å²) in [6.45, 7) is 26.4. The van der Waals surface area contributed by atoms with Crippen molar-refractivity contribution >= 4 is 5.97 Å². The summed E-state index contributed by atoms with van der Waals surface area (Å²) in [5.74, 6) is -0.480. The molecule has 2 aromatic rings. The van der Waals surface area contributed by atoms with E-state index in [2.05, 4.69) is 126 Å². The van der Waals surface area contributed by atoms with Crippen molar-refractivity contribution < 1.29 is 9.53 Å². The zero-order valence-corrected chi connectivity index (χ0v) is 25.6. The number of hydrogen-bond donors (Lipinski definition) is 0. The largest absolute Gasteiger partial charge is 0.468 e. The molecule has 0 amide bonds. The van der Waals surface area contributed by atoms with Gasteiger partial charge in [-0.1, -0.05) is 119 Å². The van der Waals surface area contributed by atoms with Gasteiger partial charge in [-0.05, 0) is 55.0 Å². The van der Waals surface area contributed by atoms with Crippen molar-refractivity contribution in [1.82, 2.24) is 0 Å². The van der Waals surface area contributed by atoms with Gasteiger partial charge in [-0.25, -0.2) is 0 Å². The number of carbonyl (C=O) groups is 1. The summed E-state index contributed by atoms with van der Waals surface area (Å²) in [7, 11) is 1.38. The first-order valence-electron chi connectivity index (χ1n) is 13.4. The van der Waals surface area contributed by atoms with Gasteiger partial charge in [0, 0.05) is 12.8 Å². The van der Waals surface area contributed by atoms with Crippen molar-refractivity contribution in [1.29, 1.82) is 5.26 Å². The summed E-state index contributed by atoms with van der Waals surface area (Å²) < 4.78 is 5.28. The van der Waals surface area contributed by atoms with Crippen molar-refractivity contribution in [3.63, 3.8) is 0 Å². The number of esters is 1. The highest BCUT2D eigenvalue weighted by atomic mass is 16.5. The topological polar surface area (TPSA) is 50.1 Å². The molecule has 0 N–H and O–H groups in total. The van der Waals surface area contributed by atoms with E-state index in [0.29, 0.717) is 12.8 Å². The Balaban J connectivity index is 2.73. The van der Waals surface area contributed by atoms with Gasteiger partial charge >= 0.3 is 5.97 Å². The molecular formula is C34H49NO2. The van der Waals surface area contributed by atoms with Gasteiger partial charge in [0.05, 0.1) is 13.2 Å². The molecule has 0 atom stereocenters. The number of carbonyl (C=O) groups excluding carboxylic acids is 1. The first-order valence-corrected chi connectivity index (χ1v) is 13.4. The lowest BCUT2D eigenvalue weighted by Gasteiger charge is -2.30. The number of ether oxygens (including phenoxy) is 1. The normalized spacial score (nSPS) is 13.3. The Morgan fingerprint density at radius 1 is 0.622 bits per heavy atom. The SMILES string of the molecule is COC(=O)C(C#N)(Cc1cc(C(C)(C)C)cc(C(C)(C)C)c1)Cc1cc(C(C)(C)C)cc(C(C)(C)C)c1. The highest BCUT2D eigenvalue weighted by Crippen LogP contribution is 2.37. The molecule has 3 heteroatoms. The summed E-state index contributed by atoms with van der Waals surface area (Å²) in [5.41, 5.74) is 5.25. The average molecular weight is 504 g/mol. The number of nitrogens with zero attached hydrogens (tertiary/aromatic N) is 1. The molecule has 0 aliphatic carbocycles. The van der Waals surface area contributed by atoms with Crippen LogP contribution in [0.5, 0.6) is 0 Å². The molecule has 0 aromatic heterocycles. The van der Waals surface area contributed by atoms with Gasteiger partial charge in [0.25, 0.3) is 0 Å². The molecule has 2 rings (SSSR count). The molecule has 0 radical (unpaired) electrons. The van der Waals surface area contributed by atoms with Gasteiger partial charge in [0.1, 0.15) is 0 Å². The van der Waals surface area contributed by atoms with Crippen LogP contribution in [0.2, 0.25) is 0 Å². The van der Waals surface area contributed by atoms with E-state index in [1.165, 1.54) is 29.4 Å². The maximum Gasteiger partial charge on any atom is 0.326 e. The molecule has 3 nitrogen and oxygen atoms in total. The van der Waals surface area contributed by atoms with Crippen molar-refractivity contribution in [3.8, 4) is 6.07 Å². The summed E-state index contributed by atoms with van der Waals surface area (Å²) in [5, 5.41) is 10.6. The number of hydrogen-bond acceptors (Lipinski definition) is 3. The molecule has 0 spiro atoms. The number of rotatable bonds is 5. The van der Waals surface area contributed by atoms with Gasteiger partial charge < -0.3 is 4.74 Å². The summed E-state index contributed by atoms with van der Waals surface area (Å²) in [6.07, 6.45) is 0.599. The van der Waals surface area contributed by atoms with Crippen LogP contribution in [-0.2, 0) is 44.0 Å². The highest BCUT2D eigenvalue weighted by molar-refractivity contribution is 5.81. The van der Waals surface area contributed by atoms with Gasteiger partial charge in [-0.3, -0.25) is 4.79 Å². The Morgan fingerprint density at radius 3 is 1.08 bits per heavy atom. The molecule has 0 aliphatic heterocycles. The maximum absolute atomic E-state index is 13.4. The van der Waals surface area contributed by atoms with E-state index in [4.69, 9.17) is 4.74 Å². The van der Waals surface area contributed by atoms with Crippen molar-refractivity contribution in [2.45, 2.75) is 118 Å². The van der Waals surface area contributed by atoms with Crippen molar-refractivity contribution in [3.05, 3.63) is 69.8 Å². The first-order chi connectivity index (χ1) is 16.6. The van der Waals surface area contributed by atoms with Crippen LogP contribution < -0.4 is 0 Å². The molecule has 37 heavy (non-hydrogen) atoms. The van der Waals surface area contributed by atoms with Crippen LogP contribution in [0.25, 0.3) is 0 Å². The molecule has 202 valence electrons. The van der Waals surface area contributed by atoms with Crippen LogP contribution in [-0.4, -0.2) is 13.1 Å². The average Bonchev–Trinajstić information content (AvgIpc) is 2.75. The van der Waals surface area contributed by atoms with E-state index in [1.807, 2.05) is 0 Å². The molecule has 2 aromatic carbocycles. The minimum absolute atomic E-state index is 0.0563. The van der Waals surface area contributed by atoms with E-state index >= 15 is 0 Å². The van der Waals surface area contributed by atoms with Crippen LogP contribution in [0.1, 0.15) is 116 Å². The van der Waals surface area contributed by atoms with Gasteiger partial charge in [-0.15, -0.1) is 0 Å². The molecular weight excluding hydrogens is 454 g/mol. The first kappa shape index (κ1) is 30.6. The van der Waals surface area contributed by atoms with Crippen LogP contribution in [0.3, 0.4) is 0 Å². The molecule has 0 saturated carbocycles. The minimum atomic E-state index is -1.33. The lowest BCUT2D eigenvalue weighted by molar-refractivity contribution is -0.149. The third kappa shape index (κ3) is 7.47. The maximum atomic E-state index is 13.4. The number of benzene rings is 2. The third-order valence-corrected chi connectivity index (χ3v) is 7.25. The summed E-state index contributed by atoms with van der Waals surface area (Å²) in [6, 6.07) is 15.6. The number of methoxy groups -OCH3 is 1. The van der Waals surface area contributed by atoms with Crippen LogP contribution in [0.4, 0.5) is 0 Å². The van der Waals surface area contributed by atoms with E-state index in [-0.39, 0.29) is 21.7 Å². The fourth-order valence-corrected chi connectivity index (χ4v) is 4.54. The zero-order chi connectivity index (χ0) is 28.6. The van der Waals surface area contributed by atoms with E-state index < -0.39 is 11.4 Å². The minimum Gasteiger partial charge on any atom is -0.468 e. The fourth-order valence-electron chi connectivity index (χ4n) is 4.54. The van der Waals surface area contributed by atoms with Crippen LogP contribution in [0, 0.1) is 16.7 Å². The fraction of sp³-hybridized carbons (Fsp3) is 0.588. The predicted molar refractivity (Wildman–Crippen MR) is 155 cm³/mol. The zero-order valence-electron chi connectivity index (χ0n) is 25.6. The standard InChI is InChI=1S/C34H49NO2/c1-30(2,3)25-14-23(15-26(18-25)31(4,5)6)20-34(22-35,29(36)37-13)21-24-16-27(32(7,8)9)19-28(17-24)33(10,11)12/h14-19H,20-21H2,1-13H3. The second-order valence-electron chi connectivity index (χ2n) is 14.9. The van der Waals surface area contributed by atoms with Crippen molar-refractivity contribution in [2.75, 3.05) is 7.11 Å². The third-order valence-electron chi connectivity index (χ3n) is 7.25. The lowest BCUT2D eigenvalue weighted by Crippen LogP contribution is -2.36. The molecule has 0 heterocycles. The molecule has 0 saturated heterocycles. The van der Waals surface area contributed by atoms with Crippen LogP contribution in [0.15, 0.2) is 36.4 Å². The van der Waals surface area contributed by atoms with E-state index in [1.54, 1.807) is 0 Å². The van der Waals surface area contributed by atoms with Gasteiger partial charge in [0.15, 0.2) is 5.41 Å². The lowest BCUT2D eigenvalue weighted by atomic mass is 9.73. The van der Waals surface area contributed by atoms with E-state index in [0.717, 1.165) is 11.1 Å². The predicted octanol–water partition coefficient (Wildman–Crippen LogP) is 8.34. The van der Waals surface area contributed by atoms with Crippen LogP contribution >= 0.6 is 0 Å². The second kappa shape index (κ2) is 10.3. The molecule has 0 fully saturated rings. The van der Waals surface area contributed by atoms with Crippen molar-refractivity contribution in [2.24, 2.45) is 5.41 Å². The molecule has 0 aliphatic rings. The monoisotopic (exact) mass is 503 g/mol. The number of nitriles is 1. The summed E-state index contributed by atoms with van der Waals surface area (Å²) in [4.78, 5) is 13.4. The Bertz CT molecular complexity index is 1030. The van der Waals surface area contributed by atoms with Gasteiger partial charge in [-0.2, -0.15) is 5.26 Å². The Hall–Kier alpha value is -2.60. The Labute approximate surface area is 226 Å². The quantitative estimate of drug-likeness (QED) is 0.385. The second-order valence-corrected chi connectivity index (χ2v) is 14.9. The smallest absolute Gasteiger partial charge is 0.326 e. The van der Waals surface area contributed by atoms with E-state index in [9.17, 15) is 10.1 Å². The molecule has 0 unspecified atom stereocenters. The molecule has 0 bridgehead atoms. The summed E-state index contributed by atoms with van der Waals surface area (Å²) >= 11 is 0. The van der Waals surface area contributed by atoms with Gasteiger partial charge in [0.2, 0.25) is 0 Å².